The second kappa shape index (κ2) is 5.35. The maximum atomic E-state index is 12.4. The highest BCUT2D eigenvalue weighted by Gasteiger charge is 2.28. The van der Waals surface area contributed by atoms with Crippen molar-refractivity contribution >= 4 is 29.0 Å². The van der Waals surface area contributed by atoms with Crippen LogP contribution in [-0.4, -0.2) is 18.5 Å². The summed E-state index contributed by atoms with van der Waals surface area (Å²) in [6.45, 7) is 0.177. The van der Waals surface area contributed by atoms with Crippen molar-refractivity contribution in [2.75, 3.05) is 6.61 Å². The number of Topliss-reactive ketones (excluding diaryl/α,β-unsaturated/α-hetero) is 1. The predicted octanol–water partition coefficient (Wildman–Crippen LogP) is 4.02. The highest BCUT2D eigenvalue weighted by molar-refractivity contribution is 6.42. The zero-order chi connectivity index (χ0) is 14.1. The van der Waals surface area contributed by atoms with Crippen LogP contribution in [0.25, 0.3) is 0 Å². The number of hydrogen-bond donors (Lipinski definition) is 0. The monoisotopic (exact) mass is 308 g/mol. The summed E-state index contributed by atoms with van der Waals surface area (Å²) in [5.74, 6) is 1.03. The molecule has 2 aromatic carbocycles. The van der Waals surface area contributed by atoms with Crippen molar-refractivity contribution in [3.05, 3.63) is 58.1 Å². The fraction of sp³-hybridized carbons (Fsp3) is 0.133. The normalized spacial score (nSPS) is 16.8. The molecule has 5 heteroatoms. The summed E-state index contributed by atoms with van der Waals surface area (Å²) < 4.78 is 11.2. The van der Waals surface area contributed by atoms with Gasteiger partial charge in [-0.2, -0.15) is 0 Å². The van der Waals surface area contributed by atoms with Gasteiger partial charge in [-0.05, 0) is 30.3 Å². The second-order valence-electron chi connectivity index (χ2n) is 4.36. The Hall–Kier alpha value is -1.71. The molecule has 1 heterocycles. The quantitative estimate of drug-likeness (QED) is 0.786. The lowest BCUT2D eigenvalue weighted by Gasteiger charge is -2.25. The van der Waals surface area contributed by atoms with Crippen molar-refractivity contribution in [3.8, 4) is 11.5 Å². The van der Waals surface area contributed by atoms with E-state index in [1.807, 2.05) is 12.1 Å². The molecule has 20 heavy (non-hydrogen) atoms. The molecule has 0 aliphatic carbocycles. The maximum Gasteiger partial charge on any atom is 0.206 e. The number of carbonyl (C=O) groups excluding carboxylic acids is 1. The molecule has 1 unspecified atom stereocenters. The van der Waals surface area contributed by atoms with Gasteiger partial charge in [-0.15, -0.1) is 0 Å². The Kier molecular flexibility index (Phi) is 3.55. The van der Waals surface area contributed by atoms with Crippen LogP contribution in [0.2, 0.25) is 10.0 Å². The number of rotatable bonds is 2. The first-order valence-corrected chi connectivity index (χ1v) is 6.78. The van der Waals surface area contributed by atoms with Crippen molar-refractivity contribution in [1.29, 1.82) is 0 Å². The summed E-state index contributed by atoms with van der Waals surface area (Å²) in [7, 11) is 0. The van der Waals surface area contributed by atoms with Crippen molar-refractivity contribution < 1.29 is 14.3 Å². The highest BCUT2D eigenvalue weighted by atomic mass is 35.5. The van der Waals surface area contributed by atoms with Gasteiger partial charge in [0.15, 0.2) is 17.6 Å². The van der Waals surface area contributed by atoms with E-state index >= 15 is 0 Å². The molecule has 1 atom stereocenters. The van der Waals surface area contributed by atoms with Crippen LogP contribution in [0.4, 0.5) is 0 Å². The minimum atomic E-state index is -0.679. The van der Waals surface area contributed by atoms with Crippen LogP contribution in [0.1, 0.15) is 10.4 Å². The Labute approximate surface area is 126 Å². The fourth-order valence-corrected chi connectivity index (χ4v) is 2.28. The lowest BCUT2D eigenvalue weighted by Crippen LogP contribution is -2.36. The first-order chi connectivity index (χ1) is 9.65. The van der Waals surface area contributed by atoms with Gasteiger partial charge in [0.25, 0.3) is 0 Å². The fourth-order valence-electron chi connectivity index (χ4n) is 1.98. The van der Waals surface area contributed by atoms with Gasteiger partial charge in [0.1, 0.15) is 6.61 Å². The Bertz CT molecular complexity index is 670. The van der Waals surface area contributed by atoms with Crippen LogP contribution in [0.5, 0.6) is 11.5 Å². The van der Waals surface area contributed by atoms with E-state index in [1.54, 1.807) is 24.3 Å². The molecule has 0 bridgehead atoms. The molecule has 0 N–H and O–H groups in total. The SMILES string of the molecule is O=C(c1ccc(Cl)c(Cl)c1)C1COc2ccccc2O1. The average molecular weight is 309 g/mol. The molecule has 2 aromatic rings. The summed E-state index contributed by atoms with van der Waals surface area (Å²) in [5.41, 5.74) is 0.451. The van der Waals surface area contributed by atoms with Gasteiger partial charge in [-0.25, -0.2) is 0 Å². The summed E-state index contributed by atoms with van der Waals surface area (Å²) in [4.78, 5) is 12.4. The van der Waals surface area contributed by atoms with E-state index in [0.717, 1.165) is 0 Å². The Morgan fingerprint density at radius 1 is 1.05 bits per heavy atom. The van der Waals surface area contributed by atoms with Crippen LogP contribution >= 0.6 is 23.2 Å². The van der Waals surface area contributed by atoms with Crippen molar-refractivity contribution in [2.45, 2.75) is 6.10 Å². The number of benzene rings is 2. The van der Waals surface area contributed by atoms with Gasteiger partial charge in [0, 0.05) is 5.56 Å². The molecular weight excluding hydrogens is 299 g/mol. The highest BCUT2D eigenvalue weighted by Crippen LogP contribution is 2.32. The molecule has 0 fully saturated rings. The number of carbonyl (C=O) groups is 1. The summed E-state index contributed by atoms with van der Waals surface area (Å²) in [6.07, 6.45) is -0.679. The first-order valence-electron chi connectivity index (χ1n) is 6.03. The van der Waals surface area contributed by atoms with Crippen molar-refractivity contribution in [1.82, 2.24) is 0 Å². The summed E-state index contributed by atoms with van der Waals surface area (Å²) in [6, 6.07) is 12.0. The van der Waals surface area contributed by atoms with Crippen molar-refractivity contribution in [3.63, 3.8) is 0 Å². The average Bonchev–Trinajstić information content (AvgIpc) is 2.49. The lowest BCUT2D eigenvalue weighted by molar-refractivity contribution is 0.0586. The standard InChI is InChI=1S/C15H10Cl2O3/c16-10-6-5-9(7-11(10)17)15(18)14-8-19-12-3-1-2-4-13(12)20-14/h1-7,14H,8H2. The van der Waals surface area contributed by atoms with Crippen molar-refractivity contribution in [2.24, 2.45) is 0 Å². The number of ether oxygens (including phenoxy) is 2. The number of hydrogen-bond acceptors (Lipinski definition) is 3. The van der Waals surface area contributed by atoms with Crippen LogP contribution in [0.15, 0.2) is 42.5 Å². The van der Waals surface area contributed by atoms with E-state index in [2.05, 4.69) is 0 Å². The third-order valence-corrected chi connectivity index (χ3v) is 3.74. The molecule has 102 valence electrons. The zero-order valence-electron chi connectivity index (χ0n) is 10.3. The Morgan fingerprint density at radius 2 is 1.80 bits per heavy atom. The van der Waals surface area contributed by atoms with E-state index < -0.39 is 6.10 Å². The molecule has 0 radical (unpaired) electrons. The molecule has 0 spiro atoms. The maximum absolute atomic E-state index is 12.4. The largest absolute Gasteiger partial charge is 0.485 e. The van der Waals surface area contributed by atoms with E-state index in [4.69, 9.17) is 32.7 Å². The number of para-hydroxylation sites is 2. The number of ketones is 1. The van der Waals surface area contributed by atoms with Crippen LogP contribution in [0, 0.1) is 0 Å². The van der Waals surface area contributed by atoms with Crippen LogP contribution in [-0.2, 0) is 0 Å². The third kappa shape index (κ3) is 2.47. The van der Waals surface area contributed by atoms with E-state index in [1.165, 1.54) is 6.07 Å². The molecule has 3 rings (SSSR count). The van der Waals surface area contributed by atoms with Gasteiger partial charge in [-0.1, -0.05) is 35.3 Å². The van der Waals surface area contributed by atoms with E-state index in [-0.39, 0.29) is 12.4 Å². The Morgan fingerprint density at radius 3 is 2.55 bits per heavy atom. The molecular formula is C15H10Cl2O3. The molecule has 0 aromatic heterocycles. The van der Waals surface area contributed by atoms with Crippen LogP contribution in [0.3, 0.4) is 0 Å². The van der Waals surface area contributed by atoms with E-state index in [0.29, 0.717) is 27.1 Å². The Balaban J connectivity index is 1.84. The van der Waals surface area contributed by atoms with E-state index in [9.17, 15) is 4.79 Å². The minimum Gasteiger partial charge on any atom is -0.485 e. The third-order valence-electron chi connectivity index (χ3n) is 3.01. The van der Waals surface area contributed by atoms with Gasteiger partial charge >= 0.3 is 0 Å². The number of halogens is 2. The molecule has 0 amide bonds. The molecule has 1 aliphatic rings. The molecule has 0 saturated carbocycles. The van der Waals surface area contributed by atoms with Gasteiger partial charge < -0.3 is 9.47 Å². The molecule has 3 nitrogen and oxygen atoms in total. The smallest absolute Gasteiger partial charge is 0.206 e. The summed E-state index contributed by atoms with van der Waals surface area (Å²) in [5, 5.41) is 0.754. The van der Waals surface area contributed by atoms with Gasteiger partial charge in [-0.3, -0.25) is 4.79 Å². The topological polar surface area (TPSA) is 35.5 Å². The second-order valence-corrected chi connectivity index (χ2v) is 5.17. The number of fused-ring (bicyclic) bond motifs is 1. The molecule has 0 saturated heterocycles. The zero-order valence-corrected chi connectivity index (χ0v) is 11.8. The first kappa shape index (κ1) is 13.3. The minimum absolute atomic E-state index is 0.177. The van der Waals surface area contributed by atoms with Crippen LogP contribution < -0.4 is 9.47 Å². The predicted molar refractivity (Wildman–Crippen MR) is 77.1 cm³/mol. The lowest BCUT2D eigenvalue weighted by atomic mass is 10.1. The molecule has 1 aliphatic heterocycles. The van der Waals surface area contributed by atoms with Gasteiger partial charge in [0.05, 0.1) is 10.0 Å². The van der Waals surface area contributed by atoms with Gasteiger partial charge in [0.2, 0.25) is 5.78 Å². The summed E-state index contributed by atoms with van der Waals surface area (Å²) >= 11 is 11.8.